The van der Waals surface area contributed by atoms with Gasteiger partial charge in [0.25, 0.3) is 5.91 Å². The van der Waals surface area contributed by atoms with Crippen LogP contribution < -0.4 is 10.5 Å². The minimum absolute atomic E-state index is 0.0249. The maximum Gasteiger partial charge on any atom is 0.257 e. The molecule has 0 aliphatic carbocycles. The maximum absolute atomic E-state index is 12.4. The molecule has 0 radical (unpaired) electrons. The Balaban J connectivity index is 2.15. The third-order valence-electron chi connectivity index (χ3n) is 3.17. The summed E-state index contributed by atoms with van der Waals surface area (Å²) in [5.74, 6) is 0.578. The molecule has 1 saturated heterocycles. The van der Waals surface area contributed by atoms with E-state index in [1.165, 1.54) is 0 Å². The second-order valence-corrected chi connectivity index (χ2v) is 5.07. The van der Waals surface area contributed by atoms with E-state index in [0.29, 0.717) is 29.5 Å². The van der Waals surface area contributed by atoms with Crippen molar-refractivity contribution in [2.75, 3.05) is 26.2 Å². The van der Waals surface area contributed by atoms with Crippen molar-refractivity contribution in [3.8, 4) is 5.75 Å². The molecule has 19 heavy (non-hydrogen) atoms. The number of rotatable bonds is 5. The first-order chi connectivity index (χ1) is 9.22. The number of hydrogen-bond donors (Lipinski definition) is 1. The molecule has 0 unspecified atom stereocenters. The lowest BCUT2D eigenvalue weighted by Gasteiger charge is -2.18. The zero-order chi connectivity index (χ0) is 13.7. The fourth-order valence-corrected chi connectivity index (χ4v) is 2.31. The lowest BCUT2D eigenvalue weighted by Crippen LogP contribution is -2.28. The van der Waals surface area contributed by atoms with Crippen LogP contribution in [0, 0.1) is 0 Å². The van der Waals surface area contributed by atoms with Crippen molar-refractivity contribution in [3.63, 3.8) is 0 Å². The van der Waals surface area contributed by atoms with Crippen LogP contribution in [0.1, 0.15) is 29.6 Å². The minimum Gasteiger partial charge on any atom is -0.493 e. The largest absolute Gasteiger partial charge is 0.493 e. The van der Waals surface area contributed by atoms with Crippen molar-refractivity contribution in [1.82, 2.24) is 4.90 Å². The monoisotopic (exact) mass is 282 g/mol. The van der Waals surface area contributed by atoms with Crippen molar-refractivity contribution in [3.05, 3.63) is 28.8 Å². The van der Waals surface area contributed by atoms with E-state index in [9.17, 15) is 4.79 Å². The Morgan fingerprint density at radius 2 is 2.11 bits per heavy atom. The first-order valence-electron chi connectivity index (χ1n) is 6.64. The molecule has 0 saturated carbocycles. The summed E-state index contributed by atoms with van der Waals surface area (Å²) in [4.78, 5) is 14.3. The van der Waals surface area contributed by atoms with E-state index >= 15 is 0 Å². The van der Waals surface area contributed by atoms with Gasteiger partial charge in [-0.25, -0.2) is 0 Å². The summed E-state index contributed by atoms with van der Waals surface area (Å²) in [6, 6.07) is 5.16. The molecule has 1 aromatic rings. The molecule has 1 amide bonds. The highest BCUT2D eigenvalue weighted by Gasteiger charge is 2.22. The Bertz CT molecular complexity index is 445. The summed E-state index contributed by atoms with van der Waals surface area (Å²) in [5, 5.41) is 0.570. The van der Waals surface area contributed by atoms with Crippen molar-refractivity contribution in [2.24, 2.45) is 5.73 Å². The van der Waals surface area contributed by atoms with Crippen molar-refractivity contribution in [2.45, 2.75) is 19.3 Å². The number of nitrogens with zero attached hydrogens (tertiary/aromatic N) is 1. The van der Waals surface area contributed by atoms with Gasteiger partial charge in [-0.2, -0.15) is 0 Å². The molecular formula is C14H19ClN2O2. The Hall–Kier alpha value is -1.26. The summed E-state index contributed by atoms with van der Waals surface area (Å²) in [6.45, 7) is 2.71. The number of likely N-dealkylation sites (tertiary alicyclic amines) is 1. The quantitative estimate of drug-likeness (QED) is 0.843. The minimum atomic E-state index is 0.0249. The summed E-state index contributed by atoms with van der Waals surface area (Å²) >= 11 is 5.96. The van der Waals surface area contributed by atoms with Gasteiger partial charge in [-0.15, -0.1) is 0 Å². The average Bonchev–Trinajstić information content (AvgIpc) is 2.92. The highest BCUT2D eigenvalue weighted by Crippen LogP contribution is 2.26. The fourth-order valence-electron chi connectivity index (χ4n) is 2.15. The molecule has 2 rings (SSSR count). The summed E-state index contributed by atoms with van der Waals surface area (Å²) < 4.78 is 5.63. The molecule has 1 heterocycles. The molecule has 1 aromatic carbocycles. The molecule has 0 atom stereocenters. The predicted octanol–water partition coefficient (Wildman–Crippen LogP) is 2.30. The summed E-state index contributed by atoms with van der Waals surface area (Å²) in [5.41, 5.74) is 6.03. The van der Waals surface area contributed by atoms with Gasteiger partial charge >= 0.3 is 0 Å². The number of carbonyl (C=O) groups is 1. The smallest absolute Gasteiger partial charge is 0.257 e. The van der Waals surface area contributed by atoms with Crippen LogP contribution >= 0.6 is 11.6 Å². The molecule has 0 aromatic heterocycles. The molecule has 1 aliphatic heterocycles. The Morgan fingerprint density at radius 3 is 2.79 bits per heavy atom. The number of amides is 1. The van der Waals surface area contributed by atoms with Gasteiger partial charge in [0.15, 0.2) is 0 Å². The topological polar surface area (TPSA) is 55.6 Å². The summed E-state index contributed by atoms with van der Waals surface area (Å²) in [7, 11) is 0. The summed E-state index contributed by atoms with van der Waals surface area (Å²) in [6.07, 6.45) is 2.90. The van der Waals surface area contributed by atoms with Crippen molar-refractivity contribution < 1.29 is 9.53 Å². The van der Waals surface area contributed by atoms with E-state index in [0.717, 1.165) is 32.4 Å². The van der Waals surface area contributed by atoms with Gasteiger partial charge in [0.05, 0.1) is 12.2 Å². The molecule has 104 valence electrons. The fraction of sp³-hybridized carbons (Fsp3) is 0.500. The lowest BCUT2D eigenvalue weighted by atomic mass is 10.1. The van der Waals surface area contributed by atoms with Gasteiger partial charge < -0.3 is 15.4 Å². The van der Waals surface area contributed by atoms with Crippen LogP contribution in [0.5, 0.6) is 5.75 Å². The second kappa shape index (κ2) is 6.78. The van der Waals surface area contributed by atoms with E-state index in [1.54, 1.807) is 18.2 Å². The number of nitrogens with two attached hydrogens (primary N) is 1. The molecule has 0 bridgehead atoms. The Morgan fingerprint density at radius 1 is 1.37 bits per heavy atom. The van der Waals surface area contributed by atoms with Crippen molar-refractivity contribution in [1.29, 1.82) is 0 Å². The number of carbonyl (C=O) groups excluding carboxylic acids is 1. The zero-order valence-electron chi connectivity index (χ0n) is 10.9. The molecule has 0 spiro atoms. The molecular weight excluding hydrogens is 264 g/mol. The van der Waals surface area contributed by atoms with Crippen LogP contribution in [0.4, 0.5) is 0 Å². The van der Waals surface area contributed by atoms with E-state index < -0.39 is 0 Å². The van der Waals surface area contributed by atoms with E-state index in [-0.39, 0.29) is 5.91 Å². The Labute approximate surface area is 118 Å². The Kier molecular flexibility index (Phi) is 5.05. The van der Waals surface area contributed by atoms with Crippen LogP contribution in [0.25, 0.3) is 0 Å². The van der Waals surface area contributed by atoms with Crippen molar-refractivity contribution >= 4 is 17.5 Å². The van der Waals surface area contributed by atoms with Crippen LogP contribution in [0.15, 0.2) is 18.2 Å². The second-order valence-electron chi connectivity index (χ2n) is 4.63. The normalized spacial score (nSPS) is 14.7. The van der Waals surface area contributed by atoms with Crippen LogP contribution in [0.3, 0.4) is 0 Å². The van der Waals surface area contributed by atoms with Gasteiger partial charge in [0.2, 0.25) is 0 Å². The molecule has 1 fully saturated rings. The van der Waals surface area contributed by atoms with E-state index in [1.807, 2.05) is 4.90 Å². The first-order valence-corrected chi connectivity index (χ1v) is 7.02. The van der Waals surface area contributed by atoms with Crippen LogP contribution in [0.2, 0.25) is 5.02 Å². The highest BCUT2D eigenvalue weighted by molar-refractivity contribution is 6.30. The number of ether oxygens (including phenoxy) is 1. The third-order valence-corrected chi connectivity index (χ3v) is 3.41. The van der Waals surface area contributed by atoms with Crippen LogP contribution in [-0.4, -0.2) is 37.0 Å². The standard InChI is InChI=1S/C14H19ClN2O2/c15-11-4-5-12(13(10-11)19-9-3-6-16)14(18)17-7-1-2-8-17/h4-5,10H,1-3,6-9,16H2. The zero-order valence-corrected chi connectivity index (χ0v) is 11.7. The molecule has 1 aliphatic rings. The molecule has 5 heteroatoms. The van der Waals surface area contributed by atoms with Gasteiger partial charge in [0, 0.05) is 18.1 Å². The van der Waals surface area contributed by atoms with Gasteiger partial charge in [-0.05, 0) is 44.0 Å². The lowest BCUT2D eigenvalue weighted by molar-refractivity contribution is 0.0788. The SMILES string of the molecule is NCCCOc1cc(Cl)ccc1C(=O)N1CCCC1. The molecule has 2 N–H and O–H groups in total. The predicted molar refractivity (Wildman–Crippen MR) is 75.8 cm³/mol. The average molecular weight is 283 g/mol. The van der Waals surface area contributed by atoms with E-state index in [2.05, 4.69) is 0 Å². The number of hydrogen-bond acceptors (Lipinski definition) is 3. The van der Waals surface area contributed by atoms with Crippen LogP contribution in [-0.2, 0) is 0 Å². The molecule has 4 nitrogen and oxygen atoms in total. The number of benzene rings is 1. The van der Waals surface area contributed by atoms with E-state index in [4.69, 9.17) is 22.1 Å². The van der Waals surface area contributed by atoms with Gasteiger partial charge in [-0.3, -0.25) is 4.79 Å². The maximum atomic E-state index is 12.4. The number of halogens is 1. The van der Waals surface area contributed by atoms with Gasteiger partial charge in [-0.1, -0.05) is 11.6 Å². The first kappa shape index (κ1) is 14.2. The van der Waals surface area contributed by atoms with Gasteiger partial charge in [0.1, 0.15) is 5.75 Å². The third kappa shape index (κ3) is 3.61. The highest BCUT2D eigenvalue weighted by atomic mass is 35.5.